The van der Waals surface area contributed by atoms with Gasteiger partial charge in [-0.05, 0) is 18.3 Å². The van der Waals surface area contributed by atoms with Crippen LogP contribution >= 0.6 is 0 Å². The van der Waals surface area contributed by atoms with E-state index in [-0.39, 0.29) is 35.6 Å². The Balaban J connectivity index is 1.57. The summed E-state index contributed by atoms with van der Waals surface area (Å²) >= 11 is 0. The first kappa shape index (κ1) is 19.7. The lowest BCUT2D eigenvalue weighted by molar-refractivity contribution is -0.167. The number of urea groups is 1. The number of nitrogens with one attached hydrogen (secondary N) is 1. The molecule has 3 heterocycles. The lowest BCUT2D eigenvalue weighted by Crippen LogP contribution is -2.60. The third-order valence-electron chi connectivity index (χ3n) is 5.71. The maximum absolute atomic E-state index is 12.9. The van der Waals surface area contributed by atoms with Gasteiger partial charge in [0.15, 0.2) is 0 Å². The molecule has 1 spiro atoms. The van der Waals surface area contributed by atoms with Crippen LogP contribution in [0.15, 0.2) is 18.7 Å². The highest BCUT2D eigenvalue weighted by molar-refractivity contribution is 5.78. The number of aromatic nitrogens is 2. The van der Waals surface area contributed by atoms with E-state index in [9.17, 15) is 9.59 Å². The molecule has 0 radical (unpaired) electrons. The molecule has 2 aliphatic heterocycles. The summed E-state index contributed by atoms with van der Waals surface area (Å²) < 4.78 is 7.85. The number of ether oxygens (including phenoxy) is 1. The molecule has 3 rings (SSSR count). The Hall–Kier alpha value is -2.09. The second kappa shape index (κ2) is 7.50. The third-order valence-corrected chi connectivity index (χ3v) is 5.71. The van der Waals surface area contributed by atoms with Crippen molar-refractivity contribution in [2.45, 2.75) is 51.8 Å². The van der Waals surface area contributed by atoms with Crippen molar-refractivity contribution in [1.82, 2.24) is 24.7 Å². The summed E-state index contributed by atoms with van der Waals surface area (Å²) in [4.78, 5) is 32.2. The zero-order valence-electron chi connectivity index (χ0n) is 16.8. The monoisotopic (exact) mass is 377 g/mol. The van der Waals surface area contributed by atoms with Gasteiger partial charge in [0.05, 0.1) is 18.0 Å². The summed E-state index contributed by atoms with van der Waals surface area (Å²) in [5, 5.41) is 3.21. The van der Waals surface area contributed by atoms with Crippen molar-refractivity contribution < 1.29 is 14.3 Å². The molecule has 1 unspecified atom stereocenters. The van der Waals surface area contributed by atoms with Gasteiger partial charge in [-0.1, -0.05) is 20.8 Å². The molecule has 27 heavy (non-hydrogen) atoms. The van der Waals surface area contributed by atoms with Crippen LogP contribution in [0.4, 0.5) is 4.79 Å². The van der Waals surface area contributed by atoms with E-state index in [1.54, 1.807) is 17.4 Å². The number of carbonyl (C=O) groups is 2. The highest BCUT2D eigenvalue weighted by atomic mass is 16.5. The molecule has 0 saturated carbocycles. The number of carbonyl (C=O) groups excluding carboxylic acids is 2. The summed E-state index contributed by atoms with van der Waals surface area (Å²) in [6.07, 6.45) is 6.93. The highest BCUT2D eigenvalue weighted by Gasteiger charge is 2.42. The maximum Gasteiger partial charge on any atom is 0.317 e. The quantitative estimate of drug-likeness (QED) is 0.862. The predicted octanol–water partition coefficient (Wildman–Crippen LogP) is 1.33. The van der Waals surface area contributed by atoms with Gasteiger partial charge in [0.25, 0.3) is 0 Å². The van der Waals surface area contributed by atoms with Gasteiger partial charge in [-0.25, -0.2) is 9.78 Å². The summed E-state index contributed by atoms with van der Waals surface area (Å²) in [5.41, 5.74) is -0.383. The Morgan fingerprint density at radius 3 is 2.63 bits per heavy atom. The van der Waals surface area contributed by atoms with E-state index in [1.807, 2.05) is 22.7 Å². The molecule has 1 atom stereocenters. The minimum atomic E-state index is -0.306. The molecule has 8 heteroatoms. The number of amides is 3. The van der Waals surface area contributed by atoms with Crippen LogP contribution in [0.5, 0.6) is 0 Å². The van der Waals surface area contributed by atoms with E-state index >= 15 is 0 Å². The van der Waals surface area contributed by atoms with Crippen molar-refractivity contribution >= 4 is 11.9 Å². The standard InChI is InChI=1S/C19H31N5O3/c1-18(2,3)15(11-23-10-7-20-14-23)21-17(26)24-8-5-19(6-9-24)13-22(4)16(25)12-27-19/h7,10,14-15H,5-6,8-9,11-13H2,1-4H3,(H,21,26). The smallest absolute Gasteiger partial charge is 0.317 e. The Labute approximate surface area is 160 Å². The van der Waals surface area contributed by atoms with Crippen LogP contribution in [0.2, 0.25) is 0 Å². The molecule has 0 aromatic carbocycles. The molecule has 150 valence electrons. The normalized spacial score (nSPS) is 21.4. The number of hydrogen-bond donors (Lipinski definition) is 1. The van der Waals surface area contributed by atoms with E-state index in [1.165, 1.54) is 0 Å². The second-order valence-electron chi connectivity index (χ2n) is 8.84. The van der Waals surface area contributed by atoms with Crippen molar-refractivity contribution in [3.05, 3.63) is 18.7 Å². The fourth-order valence-electron chi connectivity index (χ4n) is 3.69. The number of likely N-dealkylation sites (N-methyl/N-ethyl adjacent to an activating group) is 1. The number of morpholine rings is 1. The number of nitrogens with zero attached hydrogens (tertiary/aromatic N) is 4. The van der Waals surface area contributed by atoms with Crippen LogP contribution in [-0.2, 0) is 16.1 Å². The Kier molecular flexibility index (Phi) is 5.46. The molecular formula is C19H31N5O3. The number of rotatable bonds is 3. The van der Waals surface area contributed by atoms with Crippen LogP contribution in [-0.4, -0.2) is 76.2 Å². The highest BCUT2D eigenvalue weighted by Crippen LogP contribution is 2.30. The molecule has 2 fully saturated rings. The van der Waals surface area contributed by atoms with Gasteiger partial charge in [0, 0.05) is 45.6 Å². The fraction of sp³-hybridized carbons (Fsp3) is 0.737. The van der Waals surface area contributed by atoms with Crippen molar-refractivity contribution in [3.63, 3.8) is 0 Å². The van der Waals surface area contributed by atoms with Crippen LogP contribution in [0.1, 0.15) is 33.6 Å². The van der Waals surface area contributed by atoms with E-state index in [0.717, 1.165) is 12.8 Å². The topological polar surface area (TPSA) is 79.7 Å². The van der Waals surface area contributed by atoms with Crippen molar-refractivity contribution in [3.8, 4) is 0 Å². The van der Waals surface area contributed by atoms with Gasteiger partial charge in [-0.2, -0.15) is 0 Å². The molecular weight excluding hydrogens is 346 g/mol. The molecule has 0 aliphatic carbocycles. The van der Waals surface area contributed by atoms with Crippen LogP contribution in [0.25, 0.3) is 0 Å². The zero-order valence-corrected chi connectivity index (χ0v) is 16.8. The minimum absolute atomic E-state index is 0.00947. The molecule has 1 aromatic rings. The van der Waals surface area contributed by atoms with E-state index in [4.69, 9.17) is 4.74 Å². The van der Waals surface area contributed by atoms with Crippen molar-refractivity contribution in [2.75, 3.05) is 33.3 Å². The zero-order chi connectivity index (χ0) is 19.7. The van der Waals surface area contributed by atoms with E-state index < -0.39 is 0 Å². The molecule has 3 amide bonds. The van der Waals surface area contributed by atoms with Crippen LogP contribution in [0.3, 0.4) is 0 Å². The third kappa shape index (κ3) is 4.61. The molecule has 2 aliphatic rings. The van der Waals surface area contributed by atoms with E-state index in [0.29, 0.717) is 26.2 Å². The van der Waals surface area contributed by atoms with E-state index in [2.05, 4.69) is 31.1 Å². The average Bonchev–Trinajstić information content (AvgIpc) is 3.11. The van der Waals surface area contributed by atoms with Gasteiger partial charge in [0.2, 0.25) is 5.91 Å². The van der Waals surface area contributed by atoms with Crippen molar-refractivity contribution in [1.29, 1.82) is 0 Å². The lowest BCUT2D eigenvalue weighted by Gasteiger charge is -2.46. The first-order valence-electron chi connectivity index (χ1n) is 9.58. The Morgan fingerprint density at radius 2 is 2.07 bits per heavy atom. The first-order chi connectivity index (χ1) is 12.7. The van der Waals surface area contributed by atoms with Crippen molar-refractivity contribution in [2.24, 2.45) is 5.41 Å². The summed E-state index contributed by atoms with van der Waals surface area (Å²) in [5.74, 6) is 0.0216. The maximum atomic E-state index is 12.9. The molecule has 2 saturated heterocycles. The predicted molar refractivity (Wildman–Crippen MR) is 101 cm³/mol. The van der Waals surface area contributed by atoms with Gasteiger partial charge >= 0.3 is 6.03 Å². The second-order valence-corrected chi connectivity index (χ2v) is 8.84. The van der Waals surface area contributed by atoms with Gasteiger partial charge in [-0.15, -0.1) is 0 Å². The Bertz CT molecular complexity index is 659. The molecule has 0 bridgehead atoms. The number of imidazole rings is 1. The van der Waals surface area contributed by atoms with Gasteiger partial charge < -0.3 is 24.4 Å². The number of piperidine rings is 1. The molecule has 1 aromatic heterocycles. The van der Waals surface area contributed by atoms with Gasteiger partial charge in [-0.3, -0.25) is 4.79 Å². The summed E-state index contributed by atoms with van der Waals surface area (Å²) in [6, 6.07) is -0.0464. The number of likely N-dealkylation sites (tertiary alicyclic amines) is 1. The van der Waals surface area contributed by atoms with Crippen LogP contribution in [0, 0.1) is 5.41 Å². The van der Waals surface area contributed by atoms with Gasteiger partial charge in [0.1, 0.15) is 6.61 Å². The Morgan fingerprint density at radius 1 is 1.37 bits per heavy atom. The first-order valence-corrected chi connectivity index (χ1v) is 9.58. The SMILES string of the molecule is CN1CC2(CCN(C(=O)NC(Cn3ccnc3)C(C)(C)C)CC2)OCC1=O. The summed E-state index contributed by atoms with van der Waals surface area (Å²) in [7, 11) is 1.82. The minimum Gasteiger partial charge on any atom is -0.363 e. The average molecular weight is 377 g/mol. The number of hydrogen-bond acceptors (Lipinski definition) is 4. The van der Waals surface area contributed by atoms with Crippen LogP contribution < -0.4 is 5.32 Å². The lowest BCUT2D eigenvalue weighted by atomic mass is 9.86. The molecule has 1 N–H and O–H groups in total. The largest absolute Gasteiger partial charge is 0.363 e. The molecule has 8 nitrogen and oxygen atoms in total. The summed E-state index contributed by atoms with van der Waals surface area (Å²) in [6.45, 7) is 9.08. The fourth-order valence-corrected chi connectivity index (χ4v) is 3.69.